The van der Waals surface area contributed by atoms with E-state index in [0.717, 1.165) is 5.57 Å². The van der Waals surface area contributed by atoms with E-state index in [0.29, 0.717) is 12.8 Å². The van der Waals surface area contributed by atoms with Crippen molar-refractivity contribution < 1.29 is 19.4 Å². The van der Waals surface area contributed by atoms with Crippen molar-refractivity contribution in [2.75, 3.05) is 14.2 Å². The molecule has 0 spiro atoms. The second-order valence-corrected chi connectivity index (χ2v) is 4.38. The van der Waals surface area contributed by atoms with Crippen LogP contribution < -0.4 is 0 Å². The Labute approximate surface area is 97.2 Å². The Morgan fingerprint density at radius 1 is 1.44 bits per heavy atom. The summed E-state index contributed by atoms with van der Waals surface area (Å²) >= 11 is 0. The van der Waals surface area contributed by atoms with Crippen LogP contribution in [-0.2, 0) is 14.3 Å². The van der Waals surface area contributed by atoms with Gasteiger partial charge >= 0.3 is 5.97 Å². The van der Waals surface area contributed by atoms with Crippen LogP contribution in [0.15, 0.2) is 11.6 Å². The van der Waals surface area contributed by atoms with Crippen LogP contribution in [0.4, 0.5) is 0 Å². The number of methoxy groups -OCH3 is 2. The van der Waals surface area contributed by atoms with Gasteiger partial charge in [-0.1, -0.05) is 5.57 Å². The van der Waals surface area contributed by atoms with Gasteiger partial charge in [0.05, 0.1) is 18.8 Å². The molecule has 1 N–H and O–H groups in total. The van der Waals surface area contributed by atoms with Crippen molar-refractivity contribution in [2.45, 2.75) is 45.3 Å². The van der Waals surface area contributed by atoms with Crippen LogP contribution in [0.1, 0.15) is 33.6 Å². The molecule has 0 amide bonds. The number of rotatable bonds is 6. The predicted octanol–water partition coefficient (Wildman–Crippen LogP) is 1.67. The van der Waals surface area contributed by atoms with Gasteiger partial charge in [-0.15, -0.1) is 0 Å². The first-order valence-corrected chi connectivity index (χ1v) is 5.31. The van der Waals surface area contributed by atoms with Crippen LogP contribution in [0, 0.1) is 0 Å². The van der Waals surface area contributed by atoms with Gasteiger partial charge in [-0.3, -0.25) is 0 Å². The minimum atomic E-state index is -0.564. The SMILES string of the molecule is COC(=O)/C=C(\C)CCC(O)C(C)(C)OC. The fourth-order valence-corrected chi connectivity index (χ4v) is 1.18. The molecule has 4 nitrogen and oxygen atoms in total. The highest BCUT2D eigenvalue weighted by Gasteiger charge is 2.26. The number of aliphatic hydroxyl groups excluding tert-OH is 1. The van der Waals surface area contributed by atoms with Crippen molar-refractivity contribution in [3.8, 4) is 0 Å². The summed E-state index contributed by atoms with van der Waals surface area (Å²) in [7, 11) is 2.91. The predicted molar refractivity (Wildman–Crippen MR) is 62.1 cm³/mol. The number of esters is 1. The molecule has 0 aliphatic carbocycles. The molecule has 94 valence electrons. The second-order valence-electron chi connectivity index (χ2n) is 4.38. The highest BCUT2D eigenvalue weighted by atomic mass is 16.5. The summed E-state index contributed by atoms with van der Waals surface area (Å²) in [5, 5.41) is 9.85. The summed E-state index contributed by atoms with van der Waals surface area (Å²) in [4.78, 5) is 10.9. The van der Waals surface area contributed by atoms with Gasteiger partial charge in [0.2, 0.25) is 0 Å². The highest BCUT2D eigenvalue weighted by molar-refractivity contribution is 5.82. The summed E-state index contributed by atoms with van der Waals surface area (Å²) in [5.74, 6) is -0.363. The van der Waals surface area contributed by atoms with Gasteiger partial charge in [0.1, 0.15) is 0 Å². The number of carbonyl (C=O) groups excluding carboxylic acids is 1. The van der Waals surface area contributed by atoms with Crippen LogP contribution in [0.25, 0.3) is 0 Å². The van der Waals surface area contributed by atoms with E-state index >= 15 is 0 Å². The van der Waals surface area contributed by atoms with Gasteiger partial charge in [-0.2, -0.15) is 0 Å². The van der Waals surface area contributed by atoms with Crippen molar-refractivity contribution in [3.05, 3.63) is 11.6 Å². The third kappa shape index (κ3) is 5.28. The van der Waals surface area contributed by atoms with E-state index in [1.54, 1.807) is 7.11 Å². The van der Waals surface area contributed by atoms with Crippen LogP contribution in [0.2, 0.25) is 0 Å². The Hall–Kier alpha value is -0.870. The number of hydrogen-bond donors (Lipinski definition) is 1. The molecule has 0 aromatic heterocycles. The molecule has 0 fully saturated rings. The zero-order chi connectivity index (χ0) is 12.8. The molecular weight excluding hydrogens is 208 g/mol. The second kappa shape index (κ2) is 6.66. The van der Waals surface area contributed by atoms with E-state index in [-0.39, 0.29) is 5.97 Å². The molecule has 0 aliphatic heterocycles. The topological polar surface area (TPSA) is 55.8 Å². The third-order valence-corrected chi connectivity index (χ3v) is 2.71. The first kappa shape index (κ1) is 15.1. The molecule has 0 saturated carbocycles. The molecule has 0 rings (SSSR count). The monoisotopic (exact) mass is 230 g/mol. The highest BCUT2D eigenvalue weighted by Crippen LogP contribution is 2.19. The van der Waals surface area contributed by atoms with Crippen LogP contribution >= 0.6 is 0 Å². The first-order chi connectivity index (χ1) is 7.33. The summed E-state index contributed by atoms with van der Waals surface area (Å²) in [6, 6.07) is 0. The zero-order valence-electron chi connectivity index (χ0n) is 10.7. The van der Waals surface area contributed by atoms with Crippen LogP contribution in [0.5, 0.6) is 0 Å². The van der Waals surface area contributed by atoms with Crippen molar-refractivity contribution in [2.24, 2.45) is 0 Å². The molecule has 0 aromatic rings. The normalized spacial score (nSPS) is 14.8. The number of hydrogen-bond acceptors (Lipinski definition) is 4. The summed E-state index contributed by atoms with van der Waals surface area (Å²) in [6.45, 7) is 5.50. The smallest absolute Gasteiger partial charge is 0.330 e. The van der Waals surface area contributed by atoms with Gasteiger partial charge in [-0.05, 0) is 33.6 Å². The zero-order valence-corrected chi connectivity index (χ0v) is 10.7. The Morgan fingerprint density at radius 3 is 2.44 bits per heavy atom. The molecule has 0 heterocycles. The summed E-state index contributed by atoms with van der Waals surface area (Å²) in [5.41, 5.74) is 0.323. The van der Waals surface area contributed by atoms with Crippen LogP contribution in [-0.4, -0.2) is 37.0 Å². The van der Waals surface area contributed by atoms with E-state index in [2.05, 4.69) is 4.74 Å². The minimum absolute atomic E-state index is 0.363. The van der Waals surface area contributed by atoms with E-state index in [9.17, 15) is 9.90 Å². The van der Waals surface area contributed by atoms with E-state index < -0.39 is 11.7 Å². The molecule has 0 radical (unpaired) electrons. The van der Waals surface area contributed by atoms with Crippen molar-refractivity contribution >= 4 is 5.97 Å². The Balaban J connectivity index is 4.16. The van der Waals surface area contributed by atoms with Gasteiger partial charge in [0, 0.05) is 13.2 Å². The lowest BCUT2D eigenvalue weighted by atomic mass is 9.95. The Morgan fingerprint density at radius 2 is 2.00 bits per heavy atom. The number of carbonyl (C=O) groups is 1. The van der Waals surface area contributed by atoms with Gasteiger partial charge < -0.3 is 14.6 Å². The molecule has 1 atom stereocenters. The number of allylic oxidation sites excluding steroid dienone is 1. The summed E-state index contributed by atoms with van der Waals surface area (Å²) < 4.78 is 9.69. The fraction of sp³-hybridized carbons (Fsp3) is 0.750. The molecule has 1 unspecified atom stereocenters. The summed E-state index contributed by atoms with van der Waals surface area (Å²) in [6.07, 6.45) is 2.08. The van der Waals surface area contributed by atoms with Crippen LogP contribution in [0.3, 0.4) is 0 Å². The quantitative estimate of drug-likeness (QED) is 0.557. The third-order valence-electron chi connectivity index (χ3n) is 2.71. The molecule has 16 heavy (non-hydrogen) atoms. The Bertz CT molecular complexity index is 256. The molecule has 0 aliphatic rings. The lowest BCUT2D eigenvalue weighted by Gasteiger charge is -2.29. The maximum atomic E-state index is 10.9. The van der Waals surface area contributed by atoms with Crippen molar-refractivity contribution in [1.29, 1.82) is 0 Å². The van der Waals surface area contributed by atoms with E-state index in [1.807, 2.05) is 20.8 Å². The van der Waals surface area contributed by atoms with Crippen molar-refractivity contribution in [3.63, 3.8) is 0 Å². The Kier molecular flexibility index (Phi) is 6.29. The van der Waals surface area contributed by atoms with Gasteiger partial charge in [0.25, 0.3) is 0 Å². The molecule has 4 heteroatoms. The average Bonchev–Trinajstić information content (AvgIpc) is 2.25. The molecule has 0 aromatic carbocycles. The lowest BCUT2D eigenvalue weighted by molar-refractivity contribution is -0.134. The fourth-order valence-electron chi connectivity index (χ4n) is 1.18. The standard InChI is InChI=1S/C12H22O4/c1-9(8-11(14)15-4)6-7-10(13)12(2,3)16-5/h8,10,13H,6-7H2,1-5H3/b9-8+. The van der Waals surface area contributed by atoms with Gasteiger partial charge in [0.15, 0.2) is 0 Å². The van der Waals surface area contributed by atoms with E-state index in [4.69, 9.17) is 4.74 Å². The maximum Gasteiger partial charge on any atom is 0.330 e. The van der Waals surface area contributed by atoms with Crippen molar-refractivity contribution in [1.82, 2.24) is 0 Å². The molecule has 0 saturated heterocycles. The largest absolute Gasteiger partial charge is 0.466 e. The molecule has 0 bridgehead atoms. The minimum Gasteiger partial charge on any atom is -0.466 e. The molecular formula is C12H22O4. The van der Waals surface area contributed by atoms with Gasteiger partial charge in [-0.25, -0.2) is 4.79 Å². The number of ether oxygens (including phenoxy) is 2. The average molecular weight is 230 g/mol. The maximum absolute atomic E-state index is 10.9. The van der Waals surface area contributed by atoms with E-state index in [1.165, 1.54) is 13.2 Å². The first-order valence-electron chi connectivity index (χ1n) is 5.31. The number of aliphatic hydroxyl groups is 1. The lowest BCUT2D eigenvalue weighted by Crippen LogP contribution is -2.37.